The third kappa shape index (κ3) is 6.14. The summed E-state index contributed by atoms with van der Waals surface area (Å²) in [5.74, 6) is 0.852. The maximum Gasteiger partial charge on any atom is 0.118 e. The summed E-state index contributed by atoms with van der Waals surface area (Å²) in [5, 5.41) is 0.703. The van der Waals surface area contributed by atoms with E-state index in [1.165, 1.54) is 5.56 Å². The number of benzene rings is 2. The Labute approximate surface area is 158 Å². The second-order valence-electron chi connectivity index (χ2n) is 6.99. The van der Waals surface area contributed by atoms with Gasteiger partial charge in [0.15, 0.2) is 0 Å². The summed E-state index contributed by atoms with van der Waals surface area (Å²) < 4.78 is 20.7. The van der Waals surface area contributed by atoms with Crippen LogP contribution in [0.15, 0.2) is 48.5 Å². The summed E-state index contributed by atoms with van der Waals surface area (Å²) in [5.41, 5.74) is 2.32. The normalized spacial score (nSPS) is 14.1. The van der Waals surface area contributed by atoms with Crippen LogP contribution in [0.3, 0.4) is 0 Å². The van der Waals surface area contributed by atoms with Crippen LogP contribution in [0.5, 0.6) is 5.75 Å². The molecule has 5 heteroatoms. The molecule has 0 saturated heterocycles. The van der Waals surface area contributed by atoms with E-state index >= 15 is 0 Å². The van der Waals surface area contributed by atoms with Crippen LogP contribution in [0.1, 0.15) is 44.4 Å². The second-order valence-corrected chi connectivity index (χ2v) is 9.42. The SMILES string of the molecule is COc1ccc(CCC(NS(=O)C(C)(C)C)c2ccc(Cl)cc2)cc1. The molecule has 1 N–H and O–H groups in total. The van der Waals surface area contributed by atoms with Crippen molar-refractivity contribution >= 4 is 22.6 Å². The molecule has 0 aliphatic rings. The van der Waals surface area contributed by atoms with Crippen molar-refractivity contribution in [3.05, 3.63) is 64.7 Å². The minimum absolute atomic E-state index is 0.000531. The smallest absolute Gasteiger partial charge is 0.118 e. The maximum atomic E-state index is 12.6. The van der Waals surface area contributed by atoms with Gasteiger partial charge in [-0.15, -0.1) is 0 Å². The summed E-state index contributed by atoms with van der Waals surface area (Å²) in [6.07, 6.45) is 1.72. The van der Waals surface area contributed by atoms with Crippen molar-refractivity contribution in [2.45, 2.75) is 44.4 Å². The third-order valence-electron chi connectivity index (χ3n) is 3.96. The number of rotatable bonds is 7. The molecule has 0 aliphatic carbocycles. The Morgan fingerprint density at radius 2 is 1.68 bits per heavy atom. The molecular weight excluding hydrogens is 354 g/mol. The van der Waals surface area contributed by atoms with Gasteiger partial charge in [-0.25, -0.2) is 8.93 Å². The van der Waals surface area contributed by atoms with Gasteiger partial charge < -0.3 is 4.74 Å². The standard InChI is InChI=1S/C20H26ClNO2S/c1-20(2,3)25(23)22-19(16-8-10-17(21)11-9-16)14-7-15-5-12-18(24-4)13-6-15/h5-6,8-13,19,22H,7,14H2,1-4H3. The molecule has 0 bridgehead atoms. The number of hydrogen-bond acceptors (Lipinski definition) is 2. The molecule has 2 unspecified atom stereocenters. The molecule has 0 saturated carbocycles. The fourth-order valence-corrected chi connectivity index (χ4v) is 3.39. The molecule has 2 rings (SSSR count). The van der Waals surface area contributed by atoms with Crippen LogP contribution in [-0.4, -0.2) is 16.1 Å². The lowest BCUT2D eigenvalue weighted by Crippen LogP contribution is -2.36. The highest BCUT2D eigenvalue weighted by Crippen LogP contribution is 2.24. The molecule has 0 spiro atoms. The van der Waals surface area contributed by atoms with E-state index in [-0.39, 0.29) is 10.8 Å². The quantitative estimate of drug-likeness (QED) is 0.728. The van der Waals surface area contributed by atoms with E-state index in [9.17, 15) is 4.21 Å². The van der Waals surface area contributed by atoms with Crippen LogP contribution in [0.25, 0.3) is 0 Å². The van der Waals surface area contributed by atoms with Crippen LogP contribution in [0.4, 0.5) is 0 Å². The molecule has 0 heterocycles. The zero-order valence-electron chi connectivity index (χ0n) is 15.2. The monoisotopic (exact) mass is 379 g/mol. The fraction of sp³-hybridized carbons (Fsp3) is 0.400. The molecule has 2 aromatic carbocycles. The largest absolute Gasteiger partial charge is 0.497 e. The van der Waals surface area contributed by atoms with Gasteiger partial charge in [-0.2, -0.15) is 0 Å². The highest BCUT2D eigenvalue weighted by atomic mass is 35.5. The number of methoxy groups -OCH3 is 1. The van der Waals surface area contributed by atoms with Crippen LogP contribution < -0.4 is 9.46 Å². The lowest BCUT2D eigenvalue weighted by molar-refractivity contribution is 0.414. The van der Waals surface area contributed by atoms with Crippen LogP contribution in [0, 0.1) is 0 Å². The third-order valence-corrected chi connectivity index (χ3v) is 5.82. The predicted molar refractivity (Wildman–Crippen MR) is 107 cm³/mol. The van der Waals surface area contributed by atoms with Gasteiger partial charge in [0.2, 0.25) is 0 Å². The molecule has 136 valence electrons. The minimum atomic E-state index is -1.14. The number of hydrogen-bond donors (Lipinski definition) is 1. The summed E-state index contributed by atoms with van der Waals surface area (Å²) in [4.78, 5) is 0. The van der Waals surface area contributed by atoms with Gasteiger partial charge in [0.05, 0.1) is 22.8 Å². The van der Waals surface area contributed by atoms with Crippen molar-refractivity contribution in [3.63, 3.8) is 0 Å². The first-order valence-electron chi connectivity index (χ1n) is 8.36. The molecule has 0 aromatic heterocycles. The number of ether oxygens (including phenoxy) is 1. The Bertz CT molecular complexity index is 693. The van der Waals surface area contributed by atoms with E-state index < -0.39 is 11.0 Å². The molecular formula is C20H26ClNO2S. The van der Waals surface area contributed by atoms with Crippen LogP contribution in [-0.2, 0) is 17.4 Å². The van der Waals surface area contributed by atoms with Gasteiger partial charge in [0, 0.05) is 11.1 Å². The van der Waals surface area contributed by atoms with Crippen molar-refractivity contribution in [1.82, 2.24) is 4.72 Å². The molecule has 0 amide bonds. The molecule has 2 aromatic rings. The molecule has 0 aliphatic heterocycles. The number of aryl methyl sites for hydroxylation is 1. The Morgan fingerprint density at radius 1 is 1.08 bits per heavy atom. The van der Waals surface area contributed by atoms with Crippen molar-refractivity contribution in [2.24, 2.45) is 0 Å². The lowest BCUT2D eigenvalue weighted by atomic mass is 10.00. The maximum absolute atomic E-state index is 12.6. The molecule has 0 radical (unpaired) electrons. The van der Waals surface area contributed by atoms with Gasteiger partial charge in [0.25, 0.3) is 0 Å². The van der Waals surface area contributed by atoms with Gasteiger partial charge in [-0.3, -0.25) is 0 Å². The van der Waals surface area contributed by atoms with Crippen molar-refractivity contribution in [1.29, 1.82) is 0 Å². The van der Waals surface area contributed by atoms with E-state index in [0.717, 1.165) is 24.2 Å². The van der Waals surface area contributed by atoms with Gasteiger partial charge in [-0.05, 0) is 69.0 Å². The first-order valence-corrected chi connectivity index (χ1v) is 9.89. The van der Waals surface area contributed by atoms with E-state index in [4.69, 9.17) is 16.3 Å². The minimum Gasteiger partial charge on any atom is -0.497 e. The topological polar surface area (TPSA) is 38.3 Å². The zero-order valence-corrected chi connectivity index (χ0v) is 16.8. The highest BCUT2D eigenvalue weighted by Gasteiger charge is 2.23. The Kier molecular flexibility index (Phi) is 7.05. The first-order chi connectivity index (χ1) is 11.8. The first kappa shape index (κ1) is 20.0. The predicted octanol–water partition coefficient (Wildman–Crippen LogP) is 5.07. The summed E-state index contributed by atoms with van der Waals surface area (Å²) in [6.45, 7) is 5.91. The van der Waals surface area contributed by atoms with Crippen molar-refractivity contribution in [2.75, 3.05) is 7.11 Å². The lowest BCUT2D eigenvalue weighted by Gasteiger charge is -2.25. The van der Waals surface area contributed by atoms with Gasteiger partial charge in [-0.1, -0.05) is 35.9 Å². The summed E-state index contributed by atoms with van der Waals surface area (Å²) in [6, 6.07) is 15.8. The Morgan fingerprint density at radius 3 is 2.20 bits per heavy atom. The Hall–Kier alpha value is -1.36. The Balaban J connectivity index is 2.12. The van der Waals surface area contributed by atoms with E-state index in [2.05, 4.69) is 16.9 Å². The van der Waals surface area contributed by atoms with Crippen LogP contribution in [0.2, 0.25) is 5.02 Å². The number of nitrogens with one attached hydrogen (secondary N) is 1. The van der Waals surface area contributed by atoms with Crippen LogP contribution >= 0.6 is 11.6 Å². The average molecular weight is 380 g/mol. The molecule has 0 fully saturated rings. The molecule has 25 heavy (non-hydrogen) atoms. The second kappa shape index (κ2) is 8.84. The summed E-state index contributed by atoms with van der Waals surface area (Å²) >= 11 is 6.00. The zero-order chi connectivity index (χ0) is 18.4. The van der Waals surface area contributed by atoms with Crippen molar-refractivity contribution in [3.8, 4) is 5.75 Å². The highest BCUT2D eigenvalue weighted by molar-refractivity contribution is 7.84. The van der Waals surface area contributed by atoms with E-state index in [1.54, 1.807) is 7.11 Å². The van der Waals surface area contributed by atoms with Gasteiger partial charge >= 0.3 is 0 Å². The van der Waals surface area contributed by atoms with E-state index in [0.29, 0.717) is 5.02 Å². The number of halogens is 1. The fourth-order valence-electron chi connectivity index (χ4n) is 2.40. The molecule has 2 atom stereocenters. The van der Waals surface area contributed by atoms with Gasteiger partial charge in [0.1, 0.15) is 5.75 Å². The summed E-state index contributed by atoms with van der Waals surface area (Å²) in [7, 11) is 0.525. The average Bonchev–Trinajstić information content (AvgIpc) is 2.59. The van der Waals surface area contributed by atoms with Crippen molar-refractivity contribution < 1.29 is 8.95 Å². The van der Waals surface area contributed by atoms with E-state index in [1.807, 2.05) is 57.2 Å². The molecule has 3 nitrogen and oxygen atoms in total.